The lowest BCUT2D eigenvalue weighted by atomic mass is 10.2. The minimum Gasteiger partial charge on any atom is -0.457 e. The molecule has 106 valence electrons. The van der Waals surface area contributed by atoms with Crippen LogP contribution in [0.15, 0.2) is 51.5 Å². The van der Waals surface area contributed by atoms with Gasteiger partial charge in [-0.3, -0.25) is 4.79 Å². The van der Waals surface area contributed by atoms with Crippen molar-refractivity contribution >= 4 is 50.7 Å². The molecule has 0 unspecified atom stereocenters. The molecule has 3 nitrogen and oxygen atoms in total. The van der Waals surface area contributed by atoms with E-state index in [0.29, 0.717) is 22.2 Å². The number of nitrogens with zero attached hydrogens (tertiary/aromatic N) is 1. The average Bonchev–Trinajstić information content (AvgIpc) is 3.07. The number of thioether (sulfide) groups is 2. The van der Waals surface area contributed by atoms with Gasteiger partial charge in [0.2, 0.25) is 5.12 Å². The fourth-order valence-corrected chi connectivity index (χ4v) is 3.34. The first-order chi connectivity index (χ1) is 10.2. The van der Waals surface area contributed by atoms with E-state index in [2.05, 4.69) is 4.99 Å². The Labute approximate surface area is 135 Å². The van der Waals surface area contributed by atoms with Gasteiger partial charge in [0.1, 0.15) is 21.6 Å². The van der Waals surface area contributed by atoms with Gasteiger partial charge in [-0.25, -0.2) is 4.99 Å². The second-order valence-electron chi connectivity index (χ2n) is 4.18. The topological polar surface area (TPSA) is 42.6 Å². The number of benzene rings is 1. The van der Waals surface area contributed by atoms with Crippen molar-refractivity contribution in [3.8, 4) is 11.3 Å². The third kappa shape index (κ3) is 3.10. The molecule has 0 N–H and O–H groups in total. The summed E-state index contributed by atoms with van der Waals surface area (Å²) in [4.78, 5) is 16.0. The Balaban J connectivity index is 1.91. The van der Waals surface area contributed by atoms with E-state index < -0.39 is 0 Å². The molecule has 0 amide bonds. The lowest BCUT2D eigenvalue weighted by molar-refractivity contribution is -0.107. The van der Waals surface area contributed by atoms with Gasteiger partial charge in [0, 0.05) is 11.6 Å². The monoisotopic (exact) mass is 335 g/mol. The lowest BCUT2D eigenvalue weighted by Gasteiger charge is -1.99. The van der Waals surface area contributed by atoms with Gasteiger partial charge in [-0.1, -0.05) is 23.7 Å². The fourth-order valence-electron chi connectivity index (χ4n) is 1.85. The highest BCUT2D eigenvalue weighted by atomic mass is 35.5. The first-order valence-electron chi connectivity index (χ1n) is 6.08. The van der Waals surface area contributed by atoms with Crippen LogP contribution in [0.25, 0.3) is 17.4 Å². The molecule has 0 bridgehead atoms. The number of hydrogen-bond donors (Lipinski definition) is 0. The molecule has 0 aliphatic carbocycles. The molecule has 0 spiro atoms. The van der Waals surface area contributed by atoms with Crippen LogP contribution in [0.2, 0.25) is 5.02 Å². The van der Waals surface area contributed by atoms with Crippen LogP contribution in [0.3, 0.4) is 0 Å². The quantitative estimate of drug-likeness (QED) is 0.729. The number of halogens is 1. The van der Waals surface area contributed by atoms with E-state index in [-0.39, 0.29) is 5.12 Å². The Morgan fingerprint density at radius 2 is 2.10 bits per heavy atom. The second-order valence-corrected chi connectivity index (χ2v) is 6.60. The van der Waals surface area contributed by atoms with Crippen LogP contribution in [-0.4, -0.2) is 15.7 Å². The number of carbonyl (C=O) groups is 1. The van der Waals surface area contributed by atoms with Gasteiger partial charge in [0.05, 0.1) is 5.02 Å². The summed E-state index contributed by atoms with van der Waals surface area (Å²) < 4.78 is 6.49. The molecular formula is C15H10ClNO2S2. The van der Waals surface area contributed by atoms with Gasteiger partial charge >= 0.3 is 0 Å². The average molecular weight is 336 g/mol. The van der Waals surface area contributed by atoms with Crippen LogP contribution in [0.5, 0.6) is 0 Å². The Bertz CT molecular complexity index is 765. The third-order valence-corrected chi connectivity index (χ3v) is 5.00. The highest BCUT2D eigenvalue weighted by Gasteiger charge is 2.21. The van der Waals surface area contributed by atoms with Crippen molar-refractivity contribution in [2.24, 2.45) is 4.99 Å². The van der Waals surface area contributed by atoms with Crippen molar-refractivity contribution in [1.82, 2.24) is 0 Å². The summed E-state index contributed by atoms with van der Waals surface area (Å²) in [5.74, 6) is 1.25. The maximum atomic E-state index is 11.8. The highest BCUT2D eigenvalue weighted by Crippen LogP contribution is 2.32. The first kappa shape index (κ1) is 14.5. The number of furan rings is 1. The minimum absolute atomic E-state index is 0.0601. The van der Waals surface area contributed by atoms with E-state index in [0.717, 1.165) is 21.7 Å². The maximum Gasteiger partial charge on any atom is 0.244 e. The summed E-state index contributed by atoms with van der Waals surface area (Å²) in [7, 11) is 0. The predicted octanol–water partition coefficient (Wildman–Crippen LogP) is 4.93. The molecule has 1 aliphatic rings. The van der Waals surface area contributed by atoms with Crippen LogP contribution in [0.1, 0.15) is 5.76 Å². The predicted molar refractivity (Wildman–Crippen MR) is 90.7 cm³/mol. The number of hydrogen-bond acceptors (Lipinski definition) is 5. The number of rotatable bonds is 2. The summed E-state index contributed by atoms with van der Waals surface area (Å²) in [6, 6.07) is 11.1. The SMILES string of the molecule is CSC1=N/C(=C\c2ccc(-c3ccccc3Cl)o2)C(=O)S1. The molecule has 2 heterocycles. The van der Waals surface area contributed by atoms with Crippen LogP contribution >= 0.6 is 35.1 Å². The molecule has 0 saturated carbocycles. The smallest absolute Gasteiger partial charge is 0.244 e. The molecule has 0 atom stereocenters. The van der Waals surface area contributed by atoms with E-state index in [9.17, 15) is 4.79 Å². The van der Waals surface area contributed by atoms with Gasteiger partial charge < -0.3 is 4.42 Å². The zero-order valence-corrected chi connectivity index (χ0v) is 13.4. The maximum absolute atomic E-state index is 11.8. The van der Waals surface area contributed by atoms with Crippen molar-refractivity contribution in [2.75, 3.05) is 6.26 Å². The molecule has 0 saturated heterocycles. The fraction of sp³-hybridized carbons (Fsp3) is 0.0667. The Morgan fingerprint density at radius 1 is 1.29 bits per heavy atom. The van der Waals surface area contributed by atoms with Crippen molar-refractivity contribution in [1.29, 1.82) is 0 Å². The minimum atomic E-state index is -0.0601. The van der Waals surface area contributed by atoms with E-state index >= 15 is 0 Å². The Hall–Kier alpha value is -1.43. The van der Waals surface area contributed by atoms with Crippen molar-refractivity contribution in [2.45, 2.75) is 0 Å². The van der Waals surface area contributed by atoms with E-state index in [1.165, 1.54) is 11.8 Å². The van der Waals surface area contributed by atoms with Gasteiger partial charge in [-0.15, -0.1) is 11.8 Å². The summed E-state index contributed by atoms with van der Waals surface area (Å²) >= 11 is 8.74. The second kappa shape index (κ2) is 6.13. The standard InChI is InChI=1S/C15H10ClNO2S2/c1-20-15-17-12(14(18)21-15)8-9-6-7-13(19-9)10-4-2-3-5-11(10)16/h2-8H,1H3/b12-8-. The molecule has 2 aromatic rings. The largest absolute Gasteiger partial charge is 0.457 e. The zero-order valence-electron chi connectivity index (χ0n) is 11.0. The Kier molecular flexibility index (Phi) is 4.24. The van der Waals surface area contributed by atoms with Gasteiger partial charge in [-0.05, 0) is 42.3 Å². The zero-order chi connectivity index (χ0) is 14.8. The molecular weight excluding hydrogens is 326 g/mol. The first-order valence-corrected chi connectivity index (χ1v) is 8.50. The molecule has 0 fully saturated rings. The summed E-state index contributed by atoms with van der Waals surface area (Å²) in [5.41, 5.74) is 1.23. The molecule has 1 aromatic heterocycles. The van der Waals surface area contributed by atoms with E-state index in [1.54, 1.807) is 12.1 Å². The van der Waals surface area contributed by atoms with Crippen molar-refractivity contribution in [3.05, 3.63) is 52.9 Å². The third-order valence-electron chi connectivity index (χ3n) is 2.82. The van der Waals surface area contributed by atoms with Crippen LogP contribution in [0, 0.1) is 0 Å². The van der Waals surface area contributed by atoms with Crippen LogP contribution in [0.4, 0.5) is 0 Å². The molecule has 1 aromatic carbocycles. The summed E-state index contributed by atoms with van der Waals surface area (Å²) in [6.07, 6.45) is 3.54. The van der Waals surface area contributed by atoms with Crippen molar-refractivity contribution < 1.29 is 9.21 Å². The van der Waals surface area contributed by atoms with Gasteiger partial charge in [-0.2, -0.15) is 0 Å². The van der Waals surface area contributed by atoms with E-state index in [1.807, 2.05) is 36.6 Å². The molecule has 3 rings (SSSR count). The van der Waals surface area contributed by atoms with E-state index in [4.69, 9.17) is 16.0 Å². The van der Waals surface area contributed by atoms with Crippen molar-refractivity contribution in [3.63, 3.8) is 0 Å². The molecule has 6 heteroatoms. The summed E-state index contributed by atoms with van der Waals surface area (Å²) in [5, 5.41) is 0.566. The van der Waals surface area contributed by atoms with Crippen LogP contribution in [-0.2, 0) is 4.79 Å². The molecule has 21 heavy (non-hydrogen) atoms. The number of carbonyl (C=O) groups excluding carboxylic acids is 1. The van der Waals surface area contributed by atoms with Crippen LogP contribution < -0.4 is 0 Å². The van der Waals surface area contributed by atoms with Gasteiger partial charge in [0.25, 0.3) is 0 Å². The normalized spacial score (nSPS) is 16.6. The van der Waals surface area contributed by atoms with Gasteiger partial charge in [0.15, 0.2) is 0 Å². The lowest BCUT2D eigenvalue weighted by Crippen LogP contribution is -1.86. The highest BCUT2D eigenvalue weighted by molar-refractivity contribution is 8.45. The summed E-state index contributed by atoms with van der Waals surface area (Å²) in [6.45, 7) is 0. The molecule has 0 radical (unpaired) electrons. The number of aliphatic imine (C=N–C) groups is 1. The molecule has 1 aliphatic heterocycles. The Morgan fingerprint density at radius 3 is 2.81 bits per heavy atom.